The van der Waals surface area contributed by atoms with Crippen LogP contribution in [-0.2, 0) is 11.2 Å². The molecule has 2 atom stereocenters. The molecular formula is C20H23N3O3. The van der Waals surface area contributed by atoms with E-state index in [1.807, 2.05) is 48.5 Å². The van der Waals surface area contributed by atoms with Gasteiger partial charge in [-0.15, -0.1) is 0 Å². The second-order valence-electron chi connectivity index (χ2n) is 6.56. The fraction of sp³-hybridized carbons (Fsp3) is 0.350. The molecule has 2 amide bonds. The van der Waals surface area contributed by atoms with Crippen molar-refractivity contribution in [3.63, 3.8) is 0 Å². The van der Waals surface area contributed by atoms with Crippen LogP contribution in [0.5, 0.6) is 0 Å². The van der Waals surface area contributed by atoms with Crippen molar-refractivity contribution in [3.05, 3.63) is 66.0 Å². The van der Waals surface area contributed by atoms with Crippen LogP contribution in [-0.4, -0.2) is 40.1 Å². The van der Waals surface area contributed by atoms with E-state index in [1.54, 1.807) is 11.1 Å². The van der Waals surface area contributed by atoms with E-state index < -0.39 is 11.9 Å². The van der Waals surface area contributed by atoms with E-state index in [0.717, 1.165) is 11.3 Å². The number of urea groups is 1. The number of piperidine rings is 1. The third kappa shape index (κ3) is 4.59. The summed E-state index contributed by atoms with van der Waals surface area (Å²) in [4.78, 5) is 29.9. The van der Waals surface area contributed by atoms with E-state index in [2.05, 4.69) is 10.3 Å². The van der Waals surface area contributed by atoms with Crippen LogP contribution in [0.2, 0.25) is 0 Å². The molecule has 2 heterocycles. The summed E-state index contributed by atoms with van der Waals surface area (Å²) in [6, 6.07) is 15.0. The predicted molar refractivity (Wildman–Crippen MR) is 97.6 cm³/mol. The highest BCUT2D eigenvalue weighted by Crippen LogP contribution is 2.20. The van der Waals surface area contributed by atoms with Crippen LogP contribution < -0.4 is 5.32 Å². The molecule has 1 aromatic carbocycles. The number of carbonyl (C=O) groups is 2. The van der Waals surface area contributed by atoms with Crippen LogP contribution in [0.4, 0.5) is 4.79 Å². The molecule has 0 aliphatic carbocycles. The predicted octanol–water partition coefficient (Wildman–Crippen LogP) is 2.87. The van der Waals surface area contributed by atoms with Gasteiger partial charge in [0.2, 0.25) is 0 Å². The number of aliphatic carboxylic acids is 1. The monoisotopic (exact) mass is 353 g/mol. The molecular weight excluding hydrogens is 330 g/mol. The Hall–Kier alpha value is -2.89. The Morgan fingerprint density at radius 1 is 1.19 bits per heavy atom. The summed E-state index contributed by atoms with van der Waals surface area (Å²) in [5.74, 6) is -1.32. The summed E-state index contributed by atoms with van der Waals surface area (Å²) in [5, 5.41) is 12.3. The number of amides is 2. The maximum Gasteiger partial charge on any atom is 0.317 e. The number of carboxylic acid groups (broad SMARTS) is 1. The zero-order valence-electron chi connectivity index (χ0n) is 14.5. The van der Waals surface area contributed by atoms with Crippen LogP contribution in [0.1, 0.15) is 30.1 Å². The van der Waals surface area contributed by atoms with Gasteiger partial charge >= 0.3 is 12.0 Å². The molecule has 26 heavy (non-hydrogen) atoms. The molecule has 136 valence electrons. The highest BCUT2D eigenvalue weighted by atomic mass is 16.4. The number of rotatable bonds is 5. The highest BCUT2D eigenvalue weighted by Gasteiger charge is 2.29. The fourth-order valence-electron chi connectivity index (χ4n) is 3.27. The Labute approximate surface area is 152 Å². The lowest BCUT2D eigenvalue weighted by Gasteiger charge is -2.32. The minimum absolute atomic E-state index is 0.219. The summed E-state index contributed by atoms with van der Waals surface area (Å²) >= 11 is 0. The first-order valence-corrected chi connectivity index (χ1v) is 8.86. The van der Waals surface area contributed by atoms with Gasteiger partial charge in [0.25, 0.3) is 0 Å². The molecule has 1 aliphatic rings. The van der Waals surface area contributed by atoms with Gasteiger partial charge in [-0.05, 0) is 30.5 Å². The number of aromatic nitrogens is 1. The minimum atomic E-state index is -0.837. The molecule has 2 aromatic rings. The van der Waals surface area contributed by atoms with Crippen molar-refractivity contribution in [2.75, 3.05) is 13.1 Å². The number of carbonyl (C=O) groups excluding carboxylic acids is 1. The quantitative estimate of drug-likeness (QED) is 0.866. The van der Waals surface area contributed by atoms with E-state index in [4.69, 9.17) is 0 Å². The first-order valence-electron chi connectivity index (χ1n) is 8.86. The zero-order chi connectivity index (χ0) is 18.4. The average molecular weight is 353 g/mol. The van der Waals surface area contributed by atoms with Gasteiger partial charge in [0.1, 0.15) is 0 Å². The molecule has 0 radical (unpaired) electrons. The minimum Gasteiger partial charge on any atom is -0.481 e. The number of benzene rings is 1. The Kier molecular flexibility index (Phi) is 5.84. The summed E-state index contributed by atoms with van der Waals surface area (Å²) < 4.78 is 0. The molecule has 6 nitrogen and oxygen atoms in total. The maximum absolute atomic E-state index is 12.7. The number of hydrogen-bond acceptors (Lipinski definition) is 3. The Bertz CT molecular complexity index is 736. The number of carboxylic acids is 1. The lowest BCUT2D eigenvalue weighted by atomic mass is 9.98. The largest absolute Gasteiger partial charge is 0.481 e. The summed E-state index contributed by atoms with van der Waals surface area (Å²) in [7, 11) is 0. The van der Waals surface area contributed by atoms with Gasteiger partial charge < -0.3 is 15.3 Å². The second kappa shape index (κ2) is 8.47. The van der Waals surface area contributed by atoms with Crippen LogP contribution >= 0.6 is 0 Å². The summed E-state index contributed by atoms with van der Waals surface area (Å²) in [6.45, 7) is 0.840. The molecule has 0 unspecified atom stereocenters. The first-order chi connectivity index (χ1) is 12.6. The van der Waals surface area contributed by atoms with E-state index in [-0.39, 0.29) is 18.6 Å². The first kappa shape index (κ1) is 17.9. The van der Waals surface area contributed by atoms with E-state index in [1.165, 1.54) is 0 Å². The third-order valence-corrected chi connectivity index (χ3v) is 4.70. The molecule has 6 heteroatoms. The van der Waals surface area contributed by atoms with Gasteiger partial charge in [0, 0.05) is 31.4 Å². The smallest absolute Gasteiger partial charge is 0.317 e. The Morgan fingerprint density at radius 3 is 2.65 bits per heavy atom. The molecule has 1 fully saturated rings. The molecule has 2 N–H and O–H groups in total. The SMILES string of the molecule is O=C(O)[C@@H]1CCCN(C(=O)N[C@@H](Cc2ccccn2)c2ccccc2)C1. The van der Waals surface area contributed by atoms with E-state index in [0.29, 0.717) is 25.8 Å². The fourth-order valence-corrected chi connectivity index (χ4v) is 3.27. The average Bonchev–Trinajstić information content (AvgIpc) is 2.69. The van der Waals surface area contributed by atoms with Crippen molar-refractivity contribution in [3.8, 4) is 0 Å². The van der Waals surface area contributed by atoms with Crippen molar-refractivity contribution in [2.45, 2.75) is 25.3 Å². The molecule has 1 saturated heterocycles. The van der Waals surface area contributed by atoms with Crippen molar-refractivity contribution >= 4 is 12.0 Å². The van der Waals surface area contributed by atoms with Crippen LogP contribution in [0.25, 0.3) is 0 Å². The van der Waals surface area contributed by atoms with Crippen LogP contribution in [0.15, 0.2) is 54.7 Å². The number of hydrogen-bond donors (Lipinski definition) is 2. The molecule has 0 spiro atoms. The molecule has 0 bridgehead atoms. The zero-order valence-corrected chi connectivity index (χ0v) is 14.5. The van der Waals surface area contributed by atoms with Crippen LogP contribution in [0, 0.1) is 5.92 Å². The van der Waals surface area contributed by atoms with Gasteiger partial charge in [-0.1, -0.05) is 36.4 Å². The molecule has 1 aliphatic heterocycles. The Balaban J connectivity index is 1.72. The number of likely N-dealkylation sites (tertiary alicyclic amines) is 1. The third-order valence-electron chi connectivity index (χ3n) is 4.70. The number of nitrogens with zero attached hydrogens (tertiary/aromatic N) is 2. The standard InChI is InChI=1S/C20H23N3O3/c24-19(25)16-9-6-12-23(14-16)20(26)22-18(15-7-2-1-3-8-15)13-17-10-4-5-11-21-17/h1-5,7-8,10-11,16,18H,6,9,12-14H2,(H,22,26)(H,24,25)/t16-,18+/m1/s1. The lowest BCUT2D eigenvalue weighted by Crippen LogP contribution is -2.48. The number of pyridine rings is 1. The van der Waals surface area contributed by atoms with Gasteiger partial charge in [0.05, 0.1) is 12.0 Å². The lowest BCUT2D eigenvalue weighted by molar-refractivity contribution is -0.143. The van der Waals surface area contributed by atoms with Gasteiger partial charge in [0.15, 0.2) is 0 Å². The Morgan fingerprint density at radius 2 is 1.96 bits per heavy atom. The summed E-state index contributed by atoms with van der Waals surface area (Å²) in [6.07, 6.45) is 3.64. The summed E-state index contributed by atoms with van der Waals surface area (Å²) in [5.41, 5.74) is 1.89. The van der Waals surface area contributed by atoms with Crippen molar-refractivity contribution < 1.29 is 14.7 Å². The molecule has 1 aromatic heterocycles. The van der Waals surface area contributed by atoms with Crippen molar-refractivity contribution in [1.29, 1.82) is 0 Å². The molecule has 3 rings (SSSR count). The van der Waals surface area contributed by atoms with Crippen molar-refractivity contribution in [2.24, 2.45) is 5.92 Å². The topological polar surface area (TPSA) is 82.5 Å². The van der Waals surface area contributed by atoms with Gasteiger partial charge in [-0.25, -0.2) is 4.79 Å². The highest BCUT2D eigenvalue weighted by molar-refractivity contribution is 5.77. The second-order valence-corrected chi connectivity index (χ2v) is 6.56. The van der Waals surface area contributed by atoms with E-state index in [9.17, 15) is 14.7 Å². The molecule has 0 saturated carbocycles. The van der Waals surface area contributed by atoms with Gasteiger partial charge in [-0.2, -0.15) is 0 Å². The van der Waals surface area contributed by atoms with E-state index >= 15 is 0 Å². The normalized spacial score (nSPS) is 18.2. The van der Waals surface area contributed by atoms with Gasteiger partial charge in [-0.3, -0.25) is 9.78 Å². The van der Waals surface area contributed by atoms with Crippen LogP contribution in [0.3, 0.4) is 0 Å². The maximum atomic E-state index is 12.7. The van der Waals surface area contributed by atoms with Crippen molar-refractivity contribution in [1.82, 2.24) is 15.2 Å². The number of nitrogens with one attached hydrogen (secondary N) is 1.